The lowest BCUT2D eigenvalue weighted by Crippen LogP contribution is -2.34. The van der Waals surface area contributed by atoms with Crippen LogP contribution < -0.4 is 15.0 Å². The molecule has 0 saturated carbocycles. The van der Waals surface area contributed by atoms with Crippen LogP contribution in [-0.4, -0.2) is 5.11 Å². The first-order chi connectivity index (χ1) is 10.0. The number of hydrogen-bond donors (Lipinski definition) is 2. The van der Waals surface area contributed by atoms with Gasteiger partial charge in [0, 0.05) is 0 Å². The van der Waals surface area contributed by atoms with Crippen molar-refractivity contribution in [3.63, 3.8) is 0 Å². The number of ether oxygens (including phenoxy) is 1. The highest BCUT2D eigenvalue weighted by atomic mass is 16.5. The van der Waals surface area contributed by atoms with E-state index in [1.165, 1.54) is 5.56 Å². The zero-order valence-corrected chi connectivity index (χ0v) is 12.8. The molecule has 21 heavy (non-hydrogen) atoms. The fraction of sp³-hybridized carbons (Fsp3) is 0.353. The van der Waals surface area contributed by atoms with E-state index >= 15 is 0 Å². The second kappa shape index (κ2) is 6.59. The number of nitrogens with zero attached hydrogens (tertiary/aromatic N) is 1. The van der Waals surface area contributed by atoms with Crippen molar-refractivity contribution < 1.29 is 14.4 Å². The highest BCUT2D eigenvalue weighted by Gasteiger charge is 2.13. The van der Waals surface area contributed by atoms with Gasteiger partial charge in [-0.1, -0.05) is 38.1 Å². The molecule has 0 aliphatic rings. The molecule has 0 aliphatic heterocycles. The van der Waals surface area contributed by atoms with Crippen LogP contribution in [0.4, 0.5) is 0 Å². The third-order valence-electron chi connectivity index (χ3n) is 3.57. The zero-order valence-electron chi connectivity index (χ0n) is 12.8. The van der Waals surface area contributed by atoms with Gasteiger partial charge in [0.05, 0.1) is 12.6 Å². The smallest absolute Gasteiger partial charge is 0.226 e. The largest absolute Gasteiger partial charge is 0.504 e. The van der Waals surface area contributed by atoms with E-state index < -0.39 is 0 Å². The summed E-state index contributed by atoms with van der Waals surface area (Å²) < 4.78 is 7.55. The molecule has 1 heterocycles. The Labute approximate surface area is 125 Å². The van der Waals surface area contributed by atoms with Crippen LogP contribution in [-0.2, 0) is 20.2 Å². The molecule has 0 amide bonds. The maximum Gasteiger partial charge on any atom is 0.226 e. The van der Waals surface area contributed by atoms with E-state index in [2.05, 4.69) is 38.1 Å². The second-order valence-electron chi connectivity index (χ2n) is 5.51. The van der Waals surface area contributed by atoms with E-state index in [0.717, 1.165) is 11.3 Å². The van der Waals surface area contributed by atoms with Gasteiger partial charge < -0.3 is 15.6 Å². The van der Waals surface area contributed by atoms with Gasteiger partial charge in [0.1, 0.15) is 13.7 Å². The van der Waals surface area contributed by atoms with Crippen LogP contribution in [0, 0.1) is 0 Å². The summed E-state index contributed by atoms with van der Waals surface area (Å²) in [6, 6.07) is 9.97. The Morgan fingerprint density at radius 2 is 1.90 bits per heavy atom. The standard InChI is InChI=1S/C17H22N2O2/c1-12(2)14-6-4-13(5-7-14)11-21-17-10-19(3)15(9-18)8-16(17)20/h4-8,10,12H,9,11,18H2,1-3H3/p+1. The summed E-state index contributed by atoms with van der Waals surface area (Å²) in [7, 11) is 1.88. The quantitative estimate of drug-likeness (QED) is 0.830. The minimum Gasteiger partial charge on any atom is -0.504 e. The van der Waals surface area contributed by atoms with Gasteiger partial charge in [-0.05, 0) is 17.0 Å². The van der Waals surface area contributed by atoms with Gasteiger partial charge >= 0.3 is 0 Å². The van der Waals surface area contributed by atoms with Crippen LogP contribution in [0.15, 0.2) is 36.5 Å². The Morgan fingerprint density at radius 1 is 1.24 bits per heavy atom. The lowest BCUT2D eigenvalue weighted by molar-refractivity contribution is -0.679. The summed E-state index contributed by atoms with van der Waals surface area (Å²) in [6.07, 6.45) is 1.75. The van der Waals surface area contributed by atoms with Gasteiger partial charge in [0.25, 0.3) is 0 Å². The molecule has 1 aromatic carbocycles. The van der Waals surface area contributed by atoms with Gasteiger partial charge in [-0.3, -0.25) is 0 Å². The molecule has 0 aliphatic carbocycles. The van der Waals surface area contributed by atoms with E-state index in [1.54, 1.807) is 12.3 Å². The summed E-state index contributed by atoms with van der Waals surface area (Å²) in [5, 5.41) is 9.95. The maximum atomic E-state index is 9.95. The van der Waals surface area contributed by atoms with Crippen LogP contribution in [0.5, 0.6) is 11.5 Å². The second-order valence-corrected chi connectivity index (χ2v) is 5.51. The maximum absolute atomic E-state index is 9.95. The van der Waals surface area contributed by atoms with E-state index in [0.29, 0.717) is 24.8 Å². The third-order valence-corrected chi connectivity index (χ3v) is 3.57. The van der Waals surface area contributed by atoms with Gasteiger partial charge in [-0.15, -0.1) is 0 Å². The fourth-order valence-corrected chi connectivity index (χ4v) is 2.13. The summed E-state index contributed by atoms with van der Waals surface area (Å²) >= 11 is 0. The highest BCUT2D eigenvalue weighted by Crippen LogP contribution is 2.25. The Hall–Kier alpha value is -2.07. The Balaban J connectivity index is 2.07. The predicted molar refractivity (Wildman–Crippen MR) is 82.0 cm³/mol. The van der Waals surface area contributed by atoms with Crippen molar-refractivity contribution in [2.75, 3.05) is 0 Å². The molecule has 3 N–H and O–H groups in total. The van der Waals surface area contributed by atoms with Crippen LogP contribution >= 0.6 is 0 Å². The molecular weight excluding hydrogens is 264 g/mol. The van der Waals surface area contributed by atoms with Crippen molar-refractivity contribution in [2.45, 2.75) is 32.9 Å². The number of benzene rings is 1. The number of nitrogens with two attached hydrogens (primary N) is 1. The van der Waals surface area contributed by atoms with Gasteiger partial charge in [-0.2, -0.15) is 0 Å². The molecule has 4 nitrogen and oxygen atoms in total. The molecule has 2 rings (SSSR count). The van der Waals surface area contributed by atoms with Crippen LogP contribution in [0.25, 0.3) is 0 Å². The molecule has 0 atom stereocenters. The molecule has 0 saturated heterocycles. The normalized spacial score (nSPS) is 10.9. The Bertz CT molecular complexity index is 607. The van der Waals surface area contributed by atoms with Crippen molar-refractivity contribution in [1.29, 1.82) is 0 Å². The van der Waals surface area contributed by atoms with Gasteiger partial charge in [0.2, 0.25) is 11.9 Å². The monoisotopic (exact) mass is 287 g/mol. The highest BCUT2D eigenvalue weighted by molar-refractivity contribution is 5.35. The minimum absolute atomic E-state index is 0.118. The van der Waals surface area contributed by atoms with Crippen molar-refractivity contribution in [1.82, 2.24) is 0 Å². The van der Waals surface area contributed by atoms with Crippen LogP contribution in [0.2, 0.25) is 0 Å². The molecule has 0 radical (unpaired) electrons. The van der Waals surface area contributed by atoms with E-state index in [-0.39, 0.29) is 5.75 Å². The number of rotatable bonds is 5. The van der Waals surface area contributed by atoms with Crippen molar-refractivity contribution in [2.24, 2.45) is 12.8 Å². The topological polar surface area (TPSA) is 59.4 Å². The summed E-state index contributed by atoms with van der Waals surface area (Å²) in [4.78, 5) is 0. The molecule has 2 aromatic rings. The third kappa shape index (κ3) is 3.73. The first-order valence-corrected chi connectivity index (χ1v) is 7.14. The molecular formula is C17H23N2O2+. The van der Waals surface area contributed by atoms with Crippen molar-refractivity contribution in [3.8, 4) is 11.5 Å². The number of aromatic hydroxyl groups is 1. The first kappa shape index (κ1) is 15.3. The molecule has 0 fully saturated rings. The predicted octanol–water partition coefficient (Wildman–Crippen LogP) is 2.38. The lowest BCUT2D eigenvalue weighted by Gasteiger charge is -2.09. The number of aryl methyl sites for hydroxylation is 1. The van der Waals surface area contributed by atoms with Crippen LogP contribution in [0.1, 0.15) is 36.6 Å². The van der Waals surface area contributed by atoms with Crippen molar-refractivity contribution >= 4 is 0 Å². The van der Waals surface area contributed by atoms with Crippen molar-refractivity contribution in [3.05, 3.63) is 53.3 Å². The fourth-order valence-electron chi connectivity index (χ4n) is 2.13. The van der Waals surface area contributed by atoms with E-state index in [1.807, 2.05) is 11.6 Å². The average molecular weight is 287 g/mol. The first-order valence-electron chi connectivity index (χ1n) is 7.14. The van der Waals surface area contributed by atoms with Gasteiger partial charge in [0.15, 0.2) is 11.4 Å². The zero-order chi connectivity index (χ0) is 15.4. The number of pyridine rings is 1. The van der Waals surface area contributed by atoms with E-state index in [9.17, 15) is 5.11 Å². The van der Waals surface area contributed by atoms with Gasteiger partial charge in [-0.25, -0.2) is 4.57 Å². The lowest BCUT2D eigenvalue weighted by atomic mass is 10.0. The Morgan fingerprint density at radius 3 is 2.48 bits per heavy atom. The molecule has 0 spiro atoms. The Kier molecular flexibility index (Phi) is 4.81. The summed E-state index contributed by atoms with van der Waals surface area (Å²) in [6.45, 7) is 5.14. The minimum atomic E-state index is 0.118. The van der Waals surface area contributed by atoms with E-state index in [4.69, 9.17) is 10.5 Å². The van der Waals surface area contributed by atoms with Crippen LogP contribution in [0.3, 0.4) is 0 Å². The average Bonchev–Trinajstić information content (AvgIpc) is 2.48. The SMILES string of the molecule is CC(C)c1ccc(COc2c[n+](C)c(CN)cc2O)cc1. The number of hydrogen-bond acceptors (Lipinski definition) is 3. The number of aromatic nitrogens is 1. The molecule has 0 bridgehead atoms. The summed E-state index contributed by atoms with van der Waals surface area (Å²) in [5.41, 5.74) is 8.83. The molecule has 1 aromatic heterocycles. The molecule has 112 valence electrons. The molecule has 4 heteroatoms. The molecule has 0 unspecified atom stereocenters. The summed E-state index contributed by atoms with van der Waals surface area (Å²) in [5.74, 6) is 1.10.